The molecule has 2 amide bonds. The summed E-state index contributed by atoms with van der Waals surface area (Å²) in [6, 6.07) is 20.0. The summed E-state index contributed by atoms with van der Waals surface area (Å²) in [4.78, 5) is 29.4. The zero-order chi connectivity index (χ0) is 30.9. The molecule has 0 spiro atoms. The maximum absolute atomic E-state index is 14.2. The van der Waals surface area contributed by atoms with Crippen molar-refractivity contribution in [2.24, 2.45) is 0 Å². The molecule has 3 aromatic carbocycles. The Morgan fingerprint density at radius 1 is 0.952 bits per heavy atom. The van der Waals surface area contributed by atoms with E-state index in [9.17, 15) is 18.0 Å². The number of benzene rings is 3. The summed E-state index contributed by atoms with van der Waals surface area (Å²) in [7, 11) is -1.03. The number of sulfonamides is 1. The number of carbonyl (C=O) groups is 2. The van der Waals surface area contributed by atoms with Crippen molar-refractivity contribution in [1.29, 1.82) is 0 Å². The first-order valence-electron chi connectivity index (χ1n) is 13.5. The van der Waals surface area contributed by atoms with E-state index in [1.807, 2.05) is 50.2 Å². The Labute approximate surface area is 253 Å². The molecule has 1 N–H and O–H groups in total. The lowest BCUT2D eigenvalue weighted by atomic mass is 10.0. The third-order valence-corrected chi connectivity index (χ3v) is 8.21. The predicted octanol–water partition coefficient (Wildman–Crippen LogP) is 4.68. The molecule has 42 heavy (non-hydrogen) atoms. The van der Waals surface area contributed by atoms with Crippen molar-refractivity contribution in [2.75, 3.05) is 31.3 Å². The second kappa shape index (κ2) is 14.9. The number of amides is 2. The maximum Gasteiger partial charge on any atom is 0.244 e. The van der Waals surface area contributed by atoms with Crippen molar-refractivity contribution in [3.63, 3.8) is 0 Å². The number of methoxy groups -OCH3 is 2. The quantitative estimate of drug-likeness (QED) is 0.282. The van der Waals surface area contributed by atoms with Crippen molar-refractivity contribution in [3.8, 4) is 11.5 Å². The first-order chi connectivity index (χ1) is 20.0. The number of halogens is 1. The second-order valence-electron chi connectivity index (χ2n) is 9.98. The van der Waals surface area contributed by atoms with Gasteiger partial charge in [-0.15, -0.1) is 0 Å². The summed E-state index contributed by atoms with van der Waals surface area (Å²) in [5.74, 6) is -0.0986. The standard InChI is InChI=1S/C31H38ClN3O6S/c1-6-22(2)33-31(37)28(18-23-11-8-7-9-12-23)34(20-24-13-10-14-26(17-24)40-3)30(36)21-35(42(5,38)39)27-19-25(32)15-16-29(27)41-4/h7-17,19,22,28H,6,18,20-21H2,1-5H3,(H,33,37). The molecule has 0 bridgehead atoms. The van der Waals surface area contributed by atoms with Crippen molar-refractivity contribution in [3.05, 3.63) is 88.9 Å². The van der Waals surface area contributed by atoms with E-state index in [0.29, 0.717) is 17.7 Å². The van der Waals surface area contributed by atoms with Gasteiger partial charge in [-0.1, -0.05) is 61.0 Å². The molecule has 3 rings (SSSR count). The van der Waals surface area contributed by atoms with E-state index < -0.39 is 28.5 Å². The van der Waals surface area contributed by atoms with E-state index >= 15 is 0 Å². The monoisotopic (exact) mass is 615 g/mol. The molecule has 3 aromatic rings. The smallest absolute Gasteiger partial charge is 0.244 e. The van der Waals surface area contributed by atoms with Gasteiger partial charge in [-0.2, -0.15) is 0 Å². The van der Waals surface area contributed by atoms with Crippen LogP contribution in [-0.2, 0) is 32.6 Å². The number of rotatable bonds is 14. The maximum atomic E-state index is 14.2. The Kier molecular flexibility index (Phi) is 11.6. The predicted molar refractivity (Wildman–Crippen MR) is 166 cm³/mol. The van der Waals surface area contributed by atoms with Crippen LogP contribution in [0.5, 0.6) is 11.5 Å². The minimum atomic E-state index is -3.98. The summed E-state index contributed by atoms with van der Waals surface area (Å²) in [5, 5.41) is 3.28. The molecule has 2 unspecified atom stereocenters. The molecule has 0 heterocycles. The molecule has 0 aliphatic rings. The van der Waals surface area contributed by atoms with Gasteiger partial charge in [0.25, 0.3) is 0 Å². The van der Waals surface area contributed by atoms with Crippen molar-refractivity contribution in [1.82, 2.24) is 10.2 Å². The van der Waals surface area contributed by atoms with Crippen molar-refractivity contribution in [2.45, 2.75) is 45.3 Å². The van der Waals surface area contributed by atoms with Crippen LogP contribution in [0.3, 0.4) is 0 Å². The summed E-state index contributed by atoms with van der Waals surface area (Å²) < 4.78 is 37.8. The fraction of sp³-hybridized carbons (Fsp3) is 0.355. The highest BCUT2D eigenvalue weighted by Crippen LogP contribution is 2.33. The fourth-order valence-electron chi connectivity index (χ4n) is 4.42. The molecule has 0 saturated heterocycles. The topological polar surface area (TPSA) is 105 Å². The van der Waals surface area contributed by atoms with Gasteiger partial charge in [-0.25, -0.2) is 8.42 Å². The van der Waals surface area contributed by atoms with Gasteiger partial charge in [0.2, 0.25) is 21.8 Å². The Morgan fingerprint density at radius 3 is 2.26 bits per heavy atom. The van der Waals surface area contributed by atoms with E-state index in [0.717, 1.165) is 16.1 Å². The first-order valence-corrected chi connectivity index (χ1v) is 15.8. The highest BCUT2D eigenvalue weighted by atomic mass is 35.5. The number of hydrogen-bond donors (Lipinski definition) is 1. The van der Waals surface area contributed by atoms with E-state index in [2.05, 4.69) is 5.32 Å². The molecule has 0 aromatic heterocycles. The largest absolute Gasteiger partial charge is 0.497 e. The van der Waals surface area contributed by atoms with Crippen molar-refractivity contribution >= 4 is 39.1 Å². The number of ether oxygens (including phenoxy) is 2. The van der Waals surface area contributed by atoms with Gasteiger partial charge in [0, 0.05) is 24.0 Å². The van der Waals surface area contributed by atoms with E-state index in [4.69, 9.17) is 21.1 Å². The van der Waals surface area contributed by atoms with Gasteiger partial charge in [0.1, 0.15) is 24.1 Å². The van der Waals surface area contributed by atoms with Crippen LogP contribution in [0.1, 0.15) is 31.4 Å². The highest BCUT2D eigenvalue weighted by molar-refractivity contribution is 7.92. The third kappa shape index (κ3) is 8.87. The molecule has 11 heteroatoms. The van der Waals surface area contributed by atoms with E-state index in [1.54, 1.807) is 31.4 Å². The Hall–Kier alpha value is -3.76. The average molecular weight is 616 g/mol. The molecule has 0 radical (unpaired) electrons. The third-order valence-electron chi connectivity index (χ3n) is 6.85. The van der Waals surface area contributed by atoms with E-state index in [-0.39, 0.29) is 41.4 Å². The number of nitrogens with zero attached hydrogens (tertiary/aromatic N) is 2. The lowest BCUT2D eigenvalue weighted by molar-refractivity contribution is -0.140. The van der Waals surface area contributed by atoms with Crippen LogP contribution in [0.25, 0.3) is 0 Å². The summed E-state index contributed by atoms with van der Waals surface area (Å²) in [6.45, 7) is 3.30. The average Bonchev–Trinajstić information content (AvgIpc) is 2.97. The fourth-order valence-corrected chi connectivity index (χ4v) is 5.43. The van der Waals surface area contributed by atoms with Crippen LogP contribution in [0.15, 0.2) is 72.8 Å². The van der Waals surface area contributed by atoms with Crippen LogP contribution in [0, 0.1) is 0 Å². The molecule has 2 atom stereocenters. The van der Waals surface area contributed by atoms with E-state index in [1.165, 1.54) is 24.1 Å². The summed E-state index contributed by atoms with van der Waals surface area (Å²) >= 11 is 6.21. The minimum Gasteiger partial charge on any atom is -0.497 e. The lowest BCUT2D eigenvalue weighted by Gasteiger charge is -2.34. The summed E-state index contributed by atoms with van der Waals surface area (Å²) in [5.41, 5.74) is 1.68. The normalized spacial score (nSPS) is 12.6. The number of anilines is 1. The Balaban J connectivity index is 2.12. The van der Waals surface area contributed by atoms with Gasteiger partial charge in [-0.05, 0) is 54.8 Å². The minimum absolute atomic E-state index is 0.0335. The number of hydrogen-bond acceptors (Lipinski definition) is 6. The van der Waals surface area contributed by atoms with Crippen LogP contribution < -0.4 is 19.1 Å². The lowest BCUT2D eigenvalue weighted by Crippen LogP contribution is -2.54. The Morgan fingerprint density at radius 2 is 1.64 bits per heavy atom. The Bertz CT molecular complexity index is 1470. The number of carbonyl (C=O) groups excluding carboxylic acids is 2. The molecule has 0 aliphatic heterocycles. The van der Waals surface area contributed by atoms with Crippen LogP contribution in [0.4, 0.5) is 5.69 Å². The molecule has 0 aliphatic carbocycles. The van der Waals surface area contributed by atoms with Gasteiger partial charge in [0.05, 0.1) is 26.2 Å². The zero-order valence-electron chi connectivity index (χ0n) is 24.5. The van der Waals surface area contributed by atoms with Crippen molar-refractivity contribution < 1.29 is 27.5 Å². The van der Waals surface area contributed by atoms with Gasteiger partial charge in [0.15, 0.2) is 0 Å². The molecule has 226 valence electrons. The van der Waals surface area contributed by atoms with Gasteiger partial charge < -0.3 is 19.7 Å². The van der Waals surface area contributed by atoms with Crippen LogP contribution in [0.2, 0.25) is 5.02 Å². The molecule has 0 fully saturated rings. The molecule has 9 nitrogen and oxygen atoms in total. The highest BCUT2D eigenvalue weighted by Gasteiger charge is 2.34. The summed E-state index contributed by atoms with van der Waals surface area (Å²) in [6.07, 6.45) is 1.92. The van der Waals surface area contributed by atoms with Gasteiger partial charge in [-0.3, -0.25) is 13.9 Å². The van der Waals surface area contributed by atoms with Gasteiger partial charge >= 0.3 is 0 Å². The second-order valence-corrected chi connectivity index (χ2v) is 12.3. The van der Waals surface area contributed by atoms with Crippen LogP contribution in [-0.4, -0.2) is 64.2 Å². The first kappa shape index (κ1) is 32.8. The molecule has 0 saturated carbocycles. The number of nitrogens with one attached hydrogen (secondary N) is 1. The SMILES string of the molecule is CCC(C)NC(=O)C(Cc1ccccc1)N(Cc1cccc(OC)c1)C(=O)CN(c1cc(Cl)ccc1OC)S(C)(=O)=O. The van der Waals surface area contributed by atoms with Crippen LogP contribution >= 0.6 is 11.6 Å². The zero-order valence-corrected chi connectivity index (χ0v) is 26.1. The molecular weight excluding hydrogens is 578 g/mol. The molecular formula is C31H38ClN3O6S.